The standard InChI is InChI=1S/C19H16BrN3O2/c1-12-8-17(16-10-14(20)6-7-18(16)22-12)19(24)23-21-11-13-4-3-5-15(9-13)25-2/h3-11H,1-2H3,(H,23,24)/b21-11+. The molecule has 6 heteroatoms. The highest BCUT2D eigenvalue weighted by molar-refractivity contribution is 9.10. The molecule has 0 fully saturated rings. The van der Waals surface area contributed by atoms with E-state index in [2.05, 4.69) is 31.4 Å². The third-order valence-electron chi connectivity index (χ3n) is 3.62. The van der Waals surface area contributed by atoms with E-state index in [9.17, 15) is 4.79 Å². The van der Waals surface area contributed by atoms with Crippen LogP contribution in [0.3, 0.4) is 0 Å². The Morgan fingerprint density at radius 1 is 1.24 bits per heavy atom. The SMILES string of the molecule is COc1cccc(/C=N/NC(=O)c2cc(C)nc3ccc(Br)cc23)c1. The molecule has 0 spiro atoms. The normalized spacial score (nSPS) is 11.0. The molecule has 3 rings (SSSR count). The Kier molecular flexibility index (Phi) is 5.09. The third kappa shape index (κ3) is 4.03. The number of amides is 1. The van der Waals surface area contributed by atoms with Gasteiger partial charge in [0.15, 0.2) is 0 Å². The predicted octanol–water partition coefficient (Wildman–Crippen LogP) is 4.08. The average molecular weight is 398 g/mol. The van der Waals surface area contributed by atoms with E-state index in [0.717, 1.165) is 32.4 Å². The van der Waals surface area contributed by atoms with Gasteiger partial charge in [0.1, 0.15) is 5.75 Å². The number of hydrogen-bond acceptors (Lipinski definition) is 4. The Hall–Kier alpha value is -2.73. The molecule has 2 aromatic carbocycles. The van der Waals surface area contributed by atoms with Gasteiger partial charge < -0.3 is 4.74 Å². The Labute approximate surface area is 153 Å². The first-order chi connectivity index (χ1) is 12.1. The number of hydrogen-bond donors (Lipinski definition) is 1. The second-order valence-corrected chi connectivity index (χ2v) is 6.36. The van der Waals surface area contributed by atoms with Crippen molar-refractivity contribution in [3.8, 4) is 5.75 Å². The maximum absolute atomic E-state index is 12.5. The van der Waals surface area contributed by atoms with Gasteiger partial charge in [-0.1, -0.05) is 28.1 Å². The summed E-state index contributed by atoms with van der Waals surface area (Å²) in [6, 6.07) is 14.8. The van der Waals surface area contributed by atoms with Crippen LogP contribution in [0.15, 0.2) is 58.1 Å². The number of aryl methyl sites for hydroxylation is 1. The topological polar surface area (TPSA) is 63.6 Å². The summed E-state index contributed by atoms with van der Waals surface area (Å²) in [6.07, 6.45) is 1.58. The van der Waals surface area contributed by atoms with Gasteiger partial charge in [-0.3, -0.25) is 9.78 Å². The third-order valence-corrected chi connectivity index (χ3v) is 4.11. The van der Waals surface area contributed by atoms with Crippen LogP contribution in [0, 0.1) is 6.92 Å². The average Bonchev–Trinajstić information content (AvgIpc) is 2.61. The van der Waals surface area contributed by atoms with Gasteiger partial charge in [-0.2, -0.15) is 5.10 Å². The molecule has 1 heterocycles. The number of halogens is 1. The fourth-order valence-electron chi connectivity index (χ4n) is 2.47. The van der Waals surface area contributed by atoms with Crippen LogP contribution in [0.5, 0.6) is 5.75 Å². The second kappa shape index (κ2) is 7.44. The maximum atomic E-state index is 12.5. The maximum Gasteiger partial charge on any atom is 0.272 e. The number of carbonyl (C=O) groups is 1. The van der Waals surface area contributed by atoms with E-state index in [0.29, 0.717) is 5.56 Å². The molecule has 5 nitrogen and oxygen atoms in total. The van der Waals surface area contributed by atoms with Gasteiger partial charge in [0.05, 0.1) is 24.4 Å². The first-order valence-electron chi connectivity index (χ1n) is 7.61. The van der Waals surface area contributed by atoms with Crippen LogP contribution in [0.1, 0.15) is 21.6 Å². The van der Waals surface area contributed by atoms with E-state index in [4.69, 9.17) is 4.74 Å². The molecule has 0 radical (unpaired) electrons. The molecular formula is C19H16BrN3O2. The molecule has 126 valence electrons. The van der Waals surface area contributed by atoms with Crippen molar-refractivity contribution >= 4 is 39.0 Å². The molecule has 25 heavy (non-hydrogen) atoms. The van der Waals surface area contributed by atoms with E-state index in [1.807, 2.05) is 49.4 Å². The van der Waals surface area contributed by atoms with Gasteiger partial charge in [-0.25, -0.2) is 5.43 Å². The number of rotatable bonds is 4. The van der Waals surface area contributed by atoms with Crippen molar-refractivity contribution < 1.29 is 9.53 Å². The van der Waals surface area contributed by atoms with Crippen molar-refractivity contribution in [1.82, 2.24) is 10.4 Å². The van der Waals surface area contributed by atoms with Crippen LogP contribution >= 0.6 is 15.9 Å². The van der Waals surface area contributed by atoms with Crippen LogP contribution in [0.2, 0.25) is 0 Å². The zero-order chi connectivity index (χ0) is 17.8. The Bertz CT molecular complexity index is 970. The first kappa shape index (κ1) is 17.1. The smallest absolute Gasteiger partial charge is 0.272 e. The van der Waals surface area contributed by atoms with Crippen molar-refractivity contribution in [3.63, 3.8) is 0 Å². The highest BCUT2D eigenvalue weighted by Gasteiger charge is 2.12. The number of methoxy groups -OCH3 is 1. The van der Waals surface area contributed by atoms with Crippen LogP contribution < -0.4 is 10.2 Å². The Morgan fingerprint density at radius 2 is 2.08 bits per heavy atom. The molecule has 0 saturated carbocycles. The summed E-state index contributed by atoms with van der Waals surface area (Å²) in [5, 5.41) is 4.81. The summed E-state index contributed by atoms with van der Waals surface area (Å²) in [4.78, 5) is 17.0. The number of pyridine rings is 1. The predicted molar refractivity (Wildman–Crippen MR) is 102 cm³/mol. The van der Waals surface area contributed by atoms with Crippen LogP contribution in [0.4, 0.5) is 0 Å². The van der Waals surface area contributed by atoms with E-state index < -0.39 is 0 Å². The van der Waals surface area contributed by atoms with E-state index >= 15 is 0 Å². The minimum Gasteiger partial charge on any atom is -0.497 e. The number of nitrogens with zero attached hydrogens (tertiary/aromatic N) is 2. The van der Waals surface area contributed by atoms with Crippen molar-refractivity contribution in [2.24, 2.45) is 5.10 Å². The Balaban J connectivity index is 1.85. The molecule has 0 bridgehead atoms. The minimum atomic E-state index is -0.284. The number of benzene rings is 2. The number of nitrogens with one attached hydrogen (secondary N) is 1. The largest absolute Gasteiger partial charge is 0.497 e. The van der Waals surface area contributed by atoms with Gasteiger partial charge in [-0.05, 0) is 48.9 Å². The lowest BCUT2D eigenvalue weighted by molar-refractivity contribution is 0.0956. The van der Waals surface area contributed by atoms with Crippen LogP contribution in [0.25, 0.3) is 10.9 Å². The van der Waals surface area contributed by atoms with Crippen LogP contribution in [-0.2, 0) is 0 Å². The fraction of sp³-hybridized carbons (Fsp3) is 0.105. The molecule has 0 aliphatic carbocycles. The molecule has 0 unspecified atom stereocenters. The number of hydrazone groups is 1. The summed E-state index contributed by atoms with van der Waals surface area (Å²) >= 11 is 3.43. The van der Waals surface area contributed by atoms with Gasteiger partial charge >= 0.3 is 0 Å². The fourth-order valence-corrected chi connectivity index (χ4v) is 2.83. The molecule has 0 saturated heterocycles. The quantitative estimate of drug-likeness (QED) is 0.532. The molecule has 0 atom stereocenters. The number of aromatic nitrogens is 1. The molecule has 1 N–H and O–H groups in total. The molecule has 0 aliphatic heterocycles. The van der Waals surface area contributed by atoms with E-state index in [1.54, 1.807) is 19.4 Å². The molecule has 3 aromatic rings. The van der Waals surface area contributed by atoms with Gasteiger partial charge in [-0.15, -0.1) is 0 Å². The van der Waals surface area contributed by atoms with Crippen molar-refractivity contribution in [2.75, 3.05) is 7.11 Å². The number of ether oxygens (including phenoxy) is 1. The molecular weight excluding hydrogens is 382 g/mol. The van der Waals surface area contributed by atoms with Gasteiger partial charge in [0.25, 0.3) is 5.91 Å². The zero-order valence-electron chi connectivity index (χ0n) is 13.8. The van der Waals surface area contributed by atoms with Gasteiger partial charge in [0.2, 0.25) is 0 Å². The van der Waals surface area contributed by atoms with Gasteiger partial charge in [0, 0.05) is 15.6 Å². The molecule has 1 aromatic heterocycles. The summed E-state index contributed by atoms with van der Waals surface area (Å²) in [6.45, 7) is 1.86. The van der Waals surface area contributed by atoms with Crippen molar-refractivity contribution in [3.05, 3.63) is 69.8 Å². The van der Waals surface area contributed by atoms with E-state index in [1.165, 1.54) is 0 Å². The lowest BCUT2D eigenvalue weighted by Crippen LogP contribution is -2.18. The summed E-state index contributed by atoms with van der Waals surface area (Å²) < 4.78 is 6.05. The number of fused-ring (bicyclic) bond motifs is 1. The molecule has 0 aliphatic rings. The van der Waals surface area contributed by atoms with E-state index in [-0.39, 0.29) is 5.91 Å². The summed E-state index contributed by atoms with van der Waals surface area (Å²) in [5.74, 6) is 0.448. The highest BCUT2D eigenvalue weighted by atomic mass is 79.9. The monoisotopic (exact) mass is 397 g/mol. The van der Waals surface area contributed by atoms with Crippen molar-refractivity contribution in [1.29, 1.82) is 0 Å². The first-order valence-corrected chi connectivity index (χ1v) is 8.40. The zero-order valence-corrected chi connectivity index (χ0v) is 15.4. The minimum absolute atomic E-state index is 0.284. The lowest BCUT2D eigenvalue weighted by atomic mass is 10.1. The highest BCUT2D eigenvalue weighted by Crippen LogP contribution is 2.22. The van der Waals surface area contributed by atoms with Crippen molar-refractivity contribution in [2.45, 2.75) is 6.92 Å². The summed E-state index contributed by atoms with van der Waals surface area (Å²) in [5.41, 5.74) is 5.48. The van der Waals surface area contributed by atoms with Crippen LogP contribution in [-0.4, -0.2) is 24.2 Å². The Morgan fingerprint density at radius 3 is 2.88 bits per heavy atom. The second-order valence-electron chi connectivity index (χ2n) is 5.45. The lowest BCUT2D eigenvalue weighted by Gasteiger charge is -2.07. The summed E-state index contributed by atoms with van der Waals surface area (Å²) in [7, 11) is 1.60. The number of carbonyl (C=O) groups excluding carboxylic acids is 1. The molecule has 1 amide bonds.